The van der Waals surface area contributed by atoms with Crippen LogP contribution >= 0.6 is 23.1 Å². The van der Waals surface area contributed by atoms with Crippen LogP contribution < -0.4 is 0 Å². The largest absolute Gasteiger partial charge is 0.452 e. The second-order valence-electron chi connectivity index (χ2n) is 5.91. The number of esters is 1. The lowest BCUT2D eigenvalue weighted by atomic mass is 10.1. The van der Waals surface area contributed by atoms with E-state index in [9.17, 15) is 9.59 Å². The zero-order valence-electron chi connectivity index (χ0n) is 13.7. The van der Waals surface area contributed by atoms with Crippen LogP contribution in [0.4, 0.5) is 0 Å². The Labute approximate surface area is 149 Å². The predicted octanol–water partition coefficient (Wildman–Crippen LogP) is 2.94. The Kier molecular flexibility index (Phi) is 5.40. The highest BCUT2D eigenvalue weighted by Gasteiger charge is 2.29. The van der Waals surface area contributed by atoms with Gasteiger partial charge in [-0.2, -0.15) is 11.8 Å². The van der Waals surface area contributed by atoms with E-state index >= 15 is 0 Å². The number of thiazole rings is 1. The molecule has 1 amide bonds. The van der Waals surface area contributed by atoms with Crippen LogP contribution in [0.2, 0.25) is 0 Å². The summed E-state index contributed by atoms with van der Waals surface area (Å²) < 4.78 is 6.46. The van der Waals surface area contributed by atoms with Crippen molar-refractivity contribution in [2.75, 3.05) is 18.6 Å². The van der Waals surface area contributed by atoms with E-state index in [2.05, 4.69) is 4.98 Å². The molecule has 128 valence electrons. The van der Waals surface area contributed by atoms with E-state index in [1.807, 2.05) is 24.3 Å². The summed E-state index contributed by atoms with van der Waals surface area (Å²) in [7, 11) is 1.71. The maximum atomic E-state index is 12.4. The number of ether oxygens (including phenoxy) is 1. The van der Waals surface area contributed by atoms with Gasteiger partial charge in [-0.3, -0.25) is 9.59 Å². The molecule has 1 saturated heterocycles. The number of benzene rings is 1. The fraction of sp³-hybridized carbons (Fsp3) is 0.471. The number of para-hydroxylation sites is 1. The van der Waals surface area contributed by atoms with E-state index in [1.54, 1.807) is 42.0 Å². The summed E-state index contributed by atoms with van der Waals surface area (Å²) in [5.41, 5.74) is 0.941. The summed E-state index contributed by atoms with van der Waals surface area (Å²) in [6.07, 6.45) is 0.0776. The zero-order valence-corrected chi connectivity index (χ0v) is 15.4. The molecule has 7 heteroatoms. The van der Waals surface area contributed by atoms with Gasteiger partial charge in [0, 0.05) is 12.8 Å². The van der Waals surface area contributed by atoms with Gasteiger partial charge >= 0.3 is 5.97 Å². The highest BCUT2D eigenvalue weighted by molar-refractivity contribution is 7.99. The normalized spacial score (nSPS) is 18.5. The third-order valence-corrected chi connectivity index (χ3v) is 6.17. The molecule has 0 unspecified atom stereocenters. The van der Waals surface area contributed by atoms with Gasteiger partial charge in [-0.1, -0.05) is 12.1 Å². The molecule has 1 aliphatic rings. The SMILES string of the molecule is C[C@@H](OC(=O)[C@H]1CCSC1)C(=O)N(C)Cc1nc2ccccc2s1. The molecule has 2 heterocycles. The Morgan fingerprint density at radius 2 is 2.21 bits per heavy atom. The molecule has 1 aliphatic heterocycles. The van der Waals surface area contributed by atoms with Crippen molar-refractivity contribution in [2.24, 2.45) is 5.92 Å². The lowest BCUT2D eigenvalue weighted by molar-refractivity contribution is -0.161. The fourth-order valence-electron chi connectivity index (χ4n) is 2.62. The first kappa shape index (κ1) is 17.2. The molecular formula is C17H20N2O3S2. The lowest BCUT2D eigenvalue weighted by Gasteiger charge is -2.21. The van der Waals surface area contributed by atoms with Gasteiger partial charge in [0.25, 0.3) is 5.91 Å². The number of thioether (sulfide) groups is 1. The Bertz CT molecular complexity index is 707. The molecule has 0 saturated carbocycles. The smallest absolute Gasteiger partial charge is 0.310 e. The van der Waals surface area contributed by atoms with Gasteiger partial charge in [0.15, 0.2) is 6.10 Å². The number of nitrogens with zero attached hydrogens (tertiary/aromatic N) is 2. The Hall–Kier alpha value is -1.60. The summed E-state index contributed by atoms with van der Waals surface area (Å²) in [5, 5.41) is 0.873. The molecule has 3 rings (SSSR count). The van der Waals surface area contributed by atoms with Crippen molar-refractivity contribution < 1.29 is 14.3 Å². The van der Waals surface area contributed by atoms with Crippen molar-refractivity contribution in [3.05, 3.63) is 29.3 Å². The maximum Gasteiger partial charge on any atom is 0.310 e. The number of aromatic nitrogens is 1. The zero-order chi connectivity index (χ0) is 17.1. The third kappa shape index (κ3) is 3.89. The van der Waals surface area contributed by atoms with Crippen molar-refractivity contribution in [1.82, 2.24) is 9.88 Å². The van der Waals surface area contributed by atoms with E-state index in [-0.39, 0.29) is 17.8 Å². The molecule has 24 heavy (non-hydrogen) atoms. The molecule has 1 aromatic heterocycles. The van der Waals surface area contributed by atoms with Gasteiger partial charge in [0.2, 0.25) is 0 Å². The monoisotopic (exact) mass is 364 g/mol. The molecule has 5 nitrogen and oxygen atoms in total. The Morgan fingerprint density at radius 3 is 2.92 bits per heavy atom. The van der Waals surface area contributed by atoms with Gasteiger partial charge in [0.05, 0.1) is 22.7 Å². The van der Waals surface area contributed by atoms with E-state index in [0.717, 1.165) is 33.2 Å². The second kappa shape index (κ2) is 7.53. The Morgan fingerprint density at radius 1 is 1.42 bits per heavy atom. The van der Waals surface area contributed by atoms with Crippen LogP contribution in [-0.4, -0.2) is 46.4 Å². The van der Waals surface area contributed by atoms with Crippen LogP contribution in [0.15, 0.2) is 24.3 Å². The third-order valence-electron chi connectivity index (χ3n) is 3.99. The van der Waals surface area contributed by atoms with Crippen molar-refractivity contribution in [2.45, 2.75) is 26.0 Å². The highest BCUT2D eigenvalue weighted by Crippen LogP contribution is 2.25. The van der Waals surface area contributed by atoms with Gasteiger partial charge in [-0.25, -0.2) is 4.98 Å². The number of hydrogen-bond acceptors (Lipinski definition) is 6. The molecule has 2 atom stereocenters. The highest BCUT2D eigenvalue weighted by atomic mass is 32.2. The summed E-state index contributed by atoms with van der Waals surface area (Å²) in [6, 6.07) is 7.90. The minimum atomic E-state index is -0.762. The molecule has 2 aromatic rings. The van der Waals surface area contributed by atoms with E-state index in [0.29, 0.717) is 6.54 Å². The summed E-state index contributed by atoms with van der Waals surface area (Å²) in [4.78, 5) is 30.6. The first-order chi connectivity index (χ1) is 11.5. The average molecular weight is 364 g/mol. The van der Waals surface area contributed by atoms with Crippen LogP contribution in [0.3, 0.4) is 0 Å². The molecule has 0 aliphatic carbocycles. The van der Waals surface area contributed by atoms with E-state index in [1.165, 1.54) is 0 Å². The average Bonchev–Trinajstić information content (AvgIpc) is 3.22. The van der Waals surface area contributed by atoms with Crippen LogP contribution in [-0.2, 0) is 20.9 Å². The molecule has 1 aromatic carbocycles. The number of carbonyl (C=O) groups is 2. The van der Waals surface area contributed by atoms with E-state index in [4.69, 9.17) is 4.74 Å². The summed E-state index contributed by atoms with van der Waals surface area (Å²) in [6.45, 7) is 2.05. The van der Waals surface area contributed by atoms with Gasteiger partial charge < -0.3 is 9.64 Å². The minimum absolute atomic E-state index is 0.0696. The van der Waals surface area contributed by atoms with Gasteiger partial charge in [0.1, 0.15) is 5.01 Å². The van der Waals surface area contributed by atoms with Crippen LogP contribution in [0, 0.1) is 5.92 Å². The van der Waals surface area contributed by atoms with Crippen molar-refractivity contribution in [3.63, 3.8) is 0 Å². The number of fused-ring (bicyclic) bond motifs is 1. The topological polar surface area (TPSA) is 59.5 Å². The Balaban J connectivity index is 1.57. The van der Waals surface area contributed by atoms with Crippen molar-refractivity contribution >= 4 is 45.2 Å². The van der Waals surface area contributed by atoms with E-state index < -0.39 is 6.10 Å². The van der Waals surface area contributed by atoms with Gasteiger partial charge in [-0.05, 0) is 31.2 Å². The summed E-state index contributed by atoms with van der Waals surface area (Å²) in [5.74, 6) is 1.25. The lowest BCUT2D eigenvalue weighted by Crippen LogP contribution is -2.38. The minimum Gasteiger partial charge on any atom is -0.452 e. The molecule has 0 radical (unpaired) electrons. The van der Waals surface area contributed by atoms with Crippen LogP contribution in [0.5, 0.6) is 0 Å². The molecule has 1 fully saturated rings. The van der Waals surface area contributed by atoms with Crippen LogP contribution in [0.25, 0.3) is 10.2 Å². The van der Waals surface area contributed by atoms with Gasteiger partial charge in [-0.15, -0.1) is 11.3 Å². The molecular weight excluding hydrogens is 344 g/mol. The fourth-order valence-corrected chi connectivity index (χ4v) is 4.85. The first-order valence-corrected chi connectivity index (χ1v) is 9.89. The summed E-state index contributed by atoms with van der Waals surface area (Å²) >= 11 is 3.33. The molecule has 0 bridgehead atoms. The standard InChI is InChI=1S/C17H20N2O3S2/c1-11(22-17(21)12-7-8-23-10-12)16(20)19(2)9-15-18-13-5-3-4-6-14(13)24-15/h3-6,11-12H,7-10H2,1-2H3/t11-,12+/m1/s1. The number of amides is 1. The van der Waals surface area contributed by atoms with Crippen molar-refractivity contribution in [1.29, 1.82) is 0 Å². The quantitative estimate of drug-likeness (QED) is 0.764. The predicted molar refractivity (Wildman–Crippen MR) is 97.1 cm³/mol. The molecule has 0 spiro atoms. The van der Waals surface area contributed by atoms with Crippen LogP contribution in [0.1, 0.15) is 18.4 Å². The number of rotatable bonds is 5. The number of hydrogen-bond donors (Lipinski definition) is 0. The maximum absolute atomic E-state index is 12.4. The second-order valence-corrected chi connectivity index (χ2v) is 8.17. The first-order valence-electron chi connectivity index (χ1n) is 7.92. The van der Waals surface area contributed by atoms with Crippen molar-refractivity contribution in [3.8, 4) is 0 Å². The molecule has 0 N–H and O–H groups in total. The number of carbonyl (C=O) groups excluding carboxylic acids is 2. The number of likely N-dealkylation sites (N-methyl/N-ethyl adjacent to an activating group) is 1.